The monoisotopic (exact) mass is 1440 g/mol. The van der Waals surface area contributed by atoms with E-state index in [4.69, 9.17) is 28.4 Å². The van der Waals surface area contributed by atoms with Gasteiger partial charge in [0, 0.05) is 149 Å². The van der Waals surface area contributed by atoms with Crippen molar-refractivity contribution in [1.29, 1.82) is 15.8 Å². The highest BCUT2D eigenvalue weighted by molar-refractivity contribution is 14.1. The van der Waals surface area contributed by atoms with Gasteiger partial charge in [-0.2, -0.15) is 15.8 Å². The summed E-state index contributed by atoms with van der Waals surface area (Å²) in [5.74, 6) is 0. The maximum atomic E-state index is 9.40. The summed E-state index contributed by atoms with van der Waals surface area (Å²) in [6.07, 6.45) is 19.1. The Kier molecular flexibility index (Phi) is 25.7. The molecule has 0 unspecified atom stereocenters. The fourth-order valence-electron chi connectivity index (χ4n) is 15.7. The van der Waals surface area contributed by atoms with Crippen LogP contribution in [0.5, 0.6) is 0 Å². The minimum absolute atomic E-state index is 0.141. The van der Waals surface area contributed by atoms with E-state index in [-0.39, 0.29) is 36.6 Å². The summed E-state index contributed by atoms with van der Waals surface area (Å²) in [6.45, 7) is 32.1. The quantitative estimate of drug-likeness (QED) is 0.109. The molecule has 6 aromatic heterocycles. The molecule has 6 aromatic rings. The van der Waals surface area contributed by atoms with E-state index in [9.17, 15) is 15.8 Å². The van der Waals surface area contributed by atoms with E-state index in [1.54, 1.807) is 24.8 Å². The minimum atomic E-state index is 0.141. The Hall–Kier alpha value is -6.20. The van der Waals surface area contributed by atoms with Gasteiger partial charge in [-0.05, 0) is 135 Å². The van der Waals surface area contributed by atoms with Crippen LogP contribution < -0.4 is 20.0 Å². The molecule has 15 heterocycles. The molecule has 0 saturated carbocycles. The molecule has 0 aliphatic carbocycles. The Morgan fingerprint density at radius 2 is 0.753 bits per heavy atom. The second-order valence-corrected chi connectivity index (χ2v) is 28.0. The van der Waals surface area contributed by atoms with E-state index in [0.29, 0.717) is 45.7 Å². The first-order valence-corrected chi connectivity index (χ1v) is 36.9. The summed E-state index contributed by atoms with van der Waals surface area (Å²) in [7, 11) is 0. The minimum Gasteiger partial charge on any atom is -0.379 e. The van der Waals surface area contributed by atoms with Crippen molar-refractivity contribution in [2.24, 2.45) is 0 Å². The number of alkyl halides is 1. The third-order valence-corrected chi connectivity index (χ3v) is 21.4. The van der Waals surface area contributed by atoms with E-state index in [2.05, 4.69) is 136 Å². The number of anilines is 3. The lowest BCUT2D eigenvalue weighted by atomic mass is 10.0. The number of nitriles is 3. The van der Waals surface area contributed by atoms with Crippen LogP contribution in [0.15, 0.2) is 73.6 Å². The molecular formula is C72H97IN18O6. The van der Waals surface area contributed by atoms with E-state index < -0.39 is 0 Å². The molecule has 9 saturated heterocycles. The van der Waals surface area contributed by atoms with E-state index >= 15 is 0 Å². The van der Waals surface area contributed by atoms with Gasteiger partial charge in [0.15, 0.2) is 17.1 Å². The molecule has 9 fully saturated rings. The molecular weight excluding hydrogens is 1340 g/mol. The summed E-state index contributed by atoms with van der Waals surface area (Å²) in [5.41, 5.74) is 6.26. The lowest BCUT2D eigenvalue weighted by molar-refractivity contribution is -0.0420. The van der Waals surface area contributed by atoms with Gasteiger partial charge in [0.2, 0.25) is 0 Å². The van der Waals surface area contributed by atoms with Gasteiger partial charge in [-0.25, -0.2) is 15.0 Å². The molecule has 0 aromatic carbocycles. The normalized spacial score (nSPS) is 25.8. The number of likely N-dealkylation sites (tertiary alicyclic amines) is 2. The number of piperidine rings is 3. The van der Waals surface area contributed by atoms with Crippen molar-refractivity contribution < 1.29 is 28.4 Å². The van der Waals surface area contributed by atoms with Crippen LogP contribution in [0.4, 0.5) is 17.1 Å². The van der Waals surface area contributed by atoms with Gasteiger partial charge in [-0.3, -0.25) is 29.7 Å². The van der Waals surface area contributed by atoms with Gasteiger partial charge < -0.3 is 58.2 Å². The van der Waals surface area contributed by atoms with Crippen LogP contribution in [0, 0.1) is 34.0 Å². The first-order chi connectivity index (χ1) is 47.6. The first-order valence-electron chi connectivity index (χ1n) is 35.4. The zero-order chi connectivity index (χ0) is 66.9. The molecule has 1 N–H and O–H groups in total. The van der Waals surface area contributed by atoms with Gasteiger partial charge in [0.1, 0.15) is 34.8 Å². The van der Waals surface area contributed by atoms with E-state index in [1.807, 2.05) is 48.8 Å². The van der Waals surface area contributed by atoms with Crippen molar-refractivity contribution in [2.45, 2.75) is 114 Å². The number of nitrogens with one attached hydrogen (secondary N) is 1. The Morgan fingerprint density at radius 3 is 1.08 bits per heavy atom. The highest BCUT2D eigenvalue weighted by Crippen LogP contribution is 2.33. The number of hydrogen-bond donors (Lipinski definition) is 1. The zero-order valence-corrected chi connectivity index (χ0v) is 59.0. The van der Waals surface area contributed by atoms with Crippen molar-refractivity contribution in [3.63, 3.8) is 0 Å². The second kappa shape index (κ2) is 35.2. The predicted octanol–water partition coefficient (Wildman–Crippen LogP) is 6.38. The molecule has 15 rings (SSSR count). The maximum absolute atomic E-state index is 9.40. The topological polar surface area (TPSA) is 242 Å². The van der Waals surface area contributed by atoms with Crippen LogP contribution in [-0.2, 0) is 28.4 Å². The van der Waals surface area contributed by atoms with Crippen LogP contribution in [0.3, 0.4) is 0 Å². The van der Waals surface area contributed by atoms with Gasteiger partial charge in [0.05, 0.1) is 112 Å². The molecule has 0 bridgehead atoms. The fourth-order valence-corrected chi connectivity index (χ4v) is 16.2. The number of nitrogens with zero attached hydrogens (tertiary/aromatic N) is 17. The van der Waals surface area contributed by atoms with Crippen molar-refractivity contribution in [2.75, 3.05) is 190 Å². The number of aromatic nitrogens is 6. The highest BCUT2D eigenvalue weighted by Gasteiger charge is 2.35. The highest BCUT2D eigenvalue weighted by atomic mass is 127. The van der Waals surface area contributed by atoms with Gasteiger partial charge in [0.25, 0.3) is 0 Å². The lowest BCUT2D eigenvalue weighted by Gasteiger charge is -2.43. The Balaban J connectivity index is 0.000000130. The number of morpholine rings is 6. The second-order valence-electron chi connectivity index (χ2n) is 27.1. The molecule has 97 heavy (non-hydrogen) atoms. The molecule has 9 aliphatic rings. The van der Waals surface area contributed by atoms with Crippen molar-refractivity contribution in [1.82, 2.24) is 59.7 Å². The molecule has 0 spiro atoms. The van der Waals surface area contributed by atoms with Crippen molar-refractivity contribution in [3.8, 4) is 18.2 Å². The smallest absolute Gasteiger partial charge is 0.166 e. The molecule has 0 amide bonds. The third-order valence-electron chi connectivity index (χ3n) is 20.4. The summed E-state index contributed by atoms with van der Waals surface area (Å²) in [5, 5.41) is 34.3. The van der Waals surface area contributed by atoms with Crippen molar-refractivity contribution >= 4 is 72.4 Å². The molecule has 518 valence electrons. The largest absolute Gasteiger partial charge is 0.379 e. The van der Waals surface area contributed by atoms with E-state index in [1.165, 1.54) is 51.6 Å². The van der Waals surface area contributed by atoms with Gasteiger partial charge in [-0.15, -0.1) is 0 Å². The summed E-state index contributed by atoms with van der Waals surface area (Å²) in [6, 6.07) is 20.5. The van der Waals surface area contributed by atoms with Crippen LogP contribution in [0.2, 0.25) is 0 Å². The van der Waals surface area contributed by atoms with Crippen LogP contribution >= 0.6 is 22.6 Å². The Labute approximate surface area is 585 Å². The van der Waals surface area contributed by atoms with Crippen LogP contribution in [-0.4, -0.2) is 284 Å². The SMILES string of the molecule is C1CC(N2CCOCC2)CCN1.C[C@@H]1CN(c2cnc(C#N)c3ncccc23)C[C@H](CI)O1.C[C@@H]1CN(c2cnc(C#N)c3ncccc23)C[C@H](CN2CCC(N3CCOCC3)CC2)O1.C[C@@H]1CN(c2cnc(C#N)c3ncccc23)C[C@H](CN2CCC(N3CCOCC3)CC2)O1. The van der Waals surface area contributed by atoms with Gasteiger partial charge >= 0.3 is 0 Å². The molecule has 0 radical (unpaired) electrons. The number of hydrogen-bond acceptors (Lipinski definition) is 24. The number of halogens is 1. The summed E-state index contributed by atoms with van der Waals surface area (Å²) < 4.78 is 35.9. The number of fused-ring (bicyclic) bond motifs is 3. The Morgan fingerprint density at radius 1 is 0.433 bits per heavy atom. The van der Waals surface area contributed by atoms with E-state index in [0.717, 1.165) is 201 Å². The number of ether oxygens (including phenoxy) is 6. The number of rotatable bonds is 11. The molecule has 24 nitrogen and oxygen atoms in total. The average molecular weight is 1440 g/mol. The van der Waals surface area contributed by atoms with Crippen LogP contribution in [0.25, 0.3) is 32.7 Å². The fraction of sp³-hybridized carbons (Fsp3) is 0.625. The summed E-state index contributed by atoms with van der Waals surface area (Å²) >= 11 is 2.35. The first kappa shape index (κ1) is 70.7. The molecule has 25 heteroatoms. The van der Waals surface area contributed by atoms with Gasteiger partial charge in [-0.1, -0.05) is 22.6 Å². The number of pyridine rings is 6. The predicted molar refractivity (Wildman–Crippen MR) is 383 cm³/mol. The van der Waals surface area contributed by atoms with Crippen molar-refractivity contribution in [3.05, 3.63) is 90.7 Å². The third kappa shape index (κ3) is 18.4. The van der Waals surface area contributed by atoms with Crippen LogP contribution in [0.1, 0.15) is 76.4 Å². The zero-order valence-electron chi connectivity index (χ0n) is 56.9. The lowest BCUT2D eigenvalue weighted by Crippen LogP contribution is -2.53. The average Bonchev–Trinajstić information content (AvgIpc) is 0.812. The summed E-state index contributed by atoms with van der Waals surface area (Å²) in [4.78, 5) is 46.2. The molecule has 9 aliphatic heterocycles. The molecule has 6 atom stereocenters. The maximum Gasteiger partial charge on any atom is 0.166 e. The standard InChI is InChI=1S/2C24H32N6O2.C15H15IN4O.C9H18N2O/c2*1-18-15-30(23-14-27-22(13-25)24-21(23)3-2-6-26-24)17-20(32-18)16-28-7-4-19(5-8-28)29-9-11-31-12-10-29;1-10-8-20(9-11(5-16)21-10)14-7-19-13(6-17)15-12(14)3-2-4-18-15;1-3-10-4-2-9(1)11-5-7-12-8-6-11/h2*2-3,6,14,18-20H,4-5,7-12,15-17H2,1H3;2-4,7,10-11H,5,8-9H2,1H3;9-10H,1-8H2/t2*18-,20+;10-,11+;/m111./s1. The Bertz CT molecular complexity index is 3440.